The van der Waals surface area contributed by atoms with Gasteiger partial charge < -0.3 is 23.7 Å². The van der Waals surface area contributed by atoms with E-state index in [-0.39, 0.29) is 24.2 Å². The van der Waals surface area contributed by atoms with Crippen LogP contribution in [0.15, 0.2) is 59.0 Å². The fraction of sp³-hybridized carbons (Fsp3) is 0.231. The Morgan fingerprint density at radius 3 is 2.91 bits per heavy atom. The van der Waals surface area contributed by atoms with Gasteiger partial charge in [0.15, 0.2) is 5.58 Å². The second-order valence-corrected chi connectivity index (χ2v) is 8.44. The average molecular weight is 461 g/mol. The van der Waals surface area contributed by atoms with Crippen molar-refractivity contribution < 1.29 is 32.9 Å². The van der Waals surface area contributed by atoms with Gasteiger partial charge in [-0.05, 0) is 43.2 Å². The van der Waals surface area contributed by atoms with Gasteiger partial charge in [0, 0.05) is 28.7 Å². The summed E-state index contributed by atoms with van der Waals surface area (Å²) >= 11 is 0. The number of nitrogens with zero attached hydrogens (tertiary/aromatic N) is 1. The van der Waals surface area contributed by atoms with E-state index in [4.69, 9.17) is 23.7 Å². The Balaban J connectivity index is 1.24. The van der Waals surface area contributed by atoms with Crippen LogP contribution in [0.4, 0.5) is 4.39 Å². The van der Waals surface area contributed by atoms with E-state index in [1.807, 2.05) is 24.3 Å². The number of aromatic nitrogens is 1. The highest BCUT2D eigenvalue weighted by molar-refractivity contribution is 5.72. The maximum Gasteiger partial charge on any atom is 0.400 e. The molecule has 3 aromatic carbocycles. The van der Waals surface area contributed by atoms with Gasteiger partial charge in [0.05, 0.1) is 13.0 Å². The standard InChI is InChI=1S/C26H20FNO6/c27-18-8-10-20(33-26-28-19-3-1-2-4-21(19)34-26)17-7-9-22(25(17)18)32-15-5-6-16-14(11-24(29)30)13-31-23(16)12-15/h1-6,8,10,12,14,22H,7,9,11,13H2,(H,29,30)/t14-,22-/m1/s1. The molecular weight excluding hydrogens is 441 g/mol. The number of carboxylic acid groups (broad SMARTS) is 1. The van der Waals surface area contributed by atoms with Crippen LogP contribution in [0.3, 0.4) is 0 Å². The highest BCUT2D eigenvalue weighted by Gasteiger charge is 2.32. The van der Waals surface area contributed by atoms with Crippen LogP contribution in [0.5, 0.6) is 23.3 Å². The number of fused-ring (bicyclic) bond motifs is 3. The summed E-state index contributed by atoms with van der Waals surface area (Å²) in [5.74, 6) is 0.227. The van der Waals surface area contributed by atoms with Crippen molar-refractivity contribution in [2.45, 2.75) is 31.3 Å². The van der Waals surface area contributed by atoms with Crippen molar-refractivity contribution in [3.8, 4) is 23.3 Å². The van der Waals surface area contributed by atoms with Crippen molar-refractivity contribution in [3.63, 3.8) is 0 Å². The van der Waals surface area contributed by atoms with Gasteiger partial charge in [0.2, 0.25) is 0 Å². The molecule has 2 heterocycles. The van der Waals surface area contributed by atoms with E-state index in [1.165, 1.54) is 6.07 Å². The van der Waals surface area contributed by atoms with Crippen LogP contribution in [0.25, 0.3) is 11.1 Å². The molecule has 0 amide bonds. The molecule has 1 aliphatic carbocycles. The number of aliphatic carboxylic acids is 1. The third-order valence-electron chi connectivity index (χ3n) is 6.28. The summed E-state index contributed by atoms with van der Waals surface area (Å²) in [7, 11) is 0. The van der Waals surface area contributed by atoms with Gasteiger partial charge in [-0.1, -0.05) is 18.2 Å². The normalized spacial score (nSPS) is 18.4. The first-order valence-electron chi connectivity index (χ1n) is 11.0. The first-order chi connectivity index (χ1) is 16.5. The molecule has 6 rings (SSSR count). The van der Waals surface area contributed by atoms with Crippen molar-refractivity contribution >= 4 is 17.1 Å². The molecule has 2 atom stereocenters. The topological polar surface area (TPSA) is 91.0 Å². The van der Waals surface area contributed by atoms with E-state index in [0.717, 1.165) is 11.1 Å². The molecule has 4 aromatic rings. The molecule has 0 fully saturated rings. The summed E-state index contributed by atoms with van der Waals surface area (Å²) in [6, 6.07) is 15.6. The lowest BCUT2D eigenvalue weighted by molar-refractivity contribution is -0.137. The summed E-state index contributed by atoms with van der Waals surface area (Å²) in [6.07, 6.45) is 0.787. The molecule has 8 heteroatoms. The molecule has 1 aromatic heterocycles. The number of hydrogen-bond acceptors (Lipinski definition) is 6. The van der Waals surface area contributed by atoms with E-state index in [2.05, 4.69) is 4.98 Å². The van der Waals surface area contributed by atoms with Gasteiger partial charge in [-0.15, -0.1) is 0 Å². The fourth-order valence-corrected chi connectivity index (χ4v) is 4.72. The van der Waals surface area contributed by atoms with E-state index < -0.39 is 12.1 Å². The average Bonchev–Trinajstić information content (AvgIpc) is 3.53. The summed E-state index contributed by atoms with van der Waals surface area (Å²) in [5, 5.41) is 9.08. The number of carbonyl (C=O) groups is 1. The second-order valence-electron chi connectivity index (χ2n) is 8.44. The van der Waals surface area contributed by atoms with Gasteiger partial charge in [-0.2, -0.15) is 4.98 Å². The van der Waals surface area contributed by atoms with Crippen LogP contribution < -0.4 is 14.2 Å². The Morgan fingerprint density at radius 1 is 1.18 bits per heavy atom. The lowest BCUT2D eigenvalue weighted by Gasteiger charge is -2.17. The third kappa shape index (κ3) is 3.61. The summed E-state index contributed by atoms with van der Waals surface area (Å²) < 4.78 is 38.2. The lowest BCUT2D eigenvalue weighted by atomic mass is 9.98. The second kappa shape index (κ2) is 8.06. The molecule has 0 bridgehead atoms. The number of para-hydroxylation sites is 2. The smallest absolute Gasteiger partial charge is 0.400 e. The van der Waals surface area contributed by atoms with Gasteiger partial charge in [-0.25, -0.2) is 4.39 Å². The number of carboxylic acids is 1. The maximum atomic E-state index is 14.9. The van der Waals surface area contributed by atoms with Gasteiger partial charge in [0.25, 0.3) is 0 Å². The number of halogens is 1. The Hall–Kier alpha value is -4.07. The zero-order valence-electron chi connectivity index (χ0n) is 18.0. The number of rotatable bonds is 6. The summed E-state index contributed by atoms with van der Waals surface area (Å²) in [4.78, 5) is 15.4. The van der Waals surface area contributed by atoms with Crippen LogP contribution >= 0.6 is 0 Å². The Kier molecular flexibility index (Phi) is 4.86. The Bertz CT molecular complexity index is 1380. The number of benzene rings is 3. The van der Waals surface area contributed by atoms with Crippen molar-refractivity contribution in [2.75, 3.05) is 6.61 Å². The largest absolute Gasteiger partial charge is 0.492 e. The summed E-state index contributed by atoms with van der Waals surface area (Å²) in [6.45, 7) is 0.322. The van der Waals surface area contributed by atoms with E-state index in [0.29, 0.717) is 53.4 Å². The number of hydrogen-bond donors (Lipinski definition) is 1. The third-order valence-corrected chi connectivity index (χ3v) is 6.28. The highest BCUT2D eigenvalue weighted by atomic mass is 19.1. The SMILES string of the molecule is O=C(O)C[C@@H]1COc2cc(O[C@@H]3CCc4c(Oc5nc6ccccc6o5)ccc(F)c43)ccc21. The van der Waals surface area contributed by atoms with E-state index in [9.17, 15) is 9.18 Å². The van der Waals surface area contributed by atoms with Gasteiger partial charge in [0.1, 0.15) is 34.7 Å². The molecule has 0 spiro atoms. The molecule has 0 saturated carbocycles. The number of ether oxygens (including phenoxy) is 3. The van der Waals surface area contributed by atoms with Gasteiger partial charge in [-0.3, -0.25) is 4.79 Å². The molecule has 34 heavy (non-hydrogen) atoms. The van der Waals surface area contributed by atoms with Crippen LogP contribution in [-0.4, -0.2) is 22.7 Å². The van der Waals surface area contributed by atoms with Crippen molar-refractivity contribution in [1.29, 1.82) is 0 Å². The predicted octanol–water partition coefficient (Wildman–Crippen LogP) is 5.78. The van der Waals surface area contributed by atoms with E-state index >= 15 is 0 Å². The zero-order valence-corrected chi connectivity index (χ0v) is 18.0. The Labute approximate surface area is 193 Å². The van der Waals surface area contributed by atoms with Crippen LogP contribution in [0.2, 0.25) is 0 Å². The minimum absolute atomic E-state index is 0.0112. The molecule has 0 unspecified atom stereocenters. The van der Waals surface area contributed by atoms with Crippen LogP contribution in [-0.2, 0) is 11.2 Å². The monoisotopic (exact) mass is 461 g/mol. The van der Waals surface area contributed by atoms with Gasteiger partial charge >= 0.3 is 12.0 Å². The molecule has 172 valence electrons. The molecule has 1 N–H and O–H groups in total. The van der Waals surface area contributed by atoms with E-state index in [1.54, 1.807) is 24.3 Å². The molecule has 2 aliphatic rings. The molecule has 7 nitrogen and oxygen atoms in total. The highest BCUT2D eigenvalue weighted by Crippen LogP contribution is 2.44. The van der Waals surface area contributed by atoms with Crippen molar-refractivity contribution in [2.24, 2.45) is 0 Å². The minimum Gasteiger partial charge on any atom is -0.492 e. The number of oxazole rings is 1. The summed E-state index contributed by atoms with van der Waals surface area (Å²) in [5.41, 5.74) is 3.33. The van der Waals surface area contributed by atoms with Crippen molar-refractivity contribution in [1.82, 2.24) is 4.98 Å². The first kappa shape index (κ1) is 20.5. The molecular formula is C26H20FNO6. The fourth-order valence-electron chi connectivity index (χ4n) is 4.72. The zero-order chi connectivity index (χ0) is 23.2. The van der Waals surface area contributed by atoms with Crippen LogP contribution in [0, 0.1) is 5.82 Å². The minimum atomic E-state index is -0.865. The van der Waals surface area contributed by atoms with Crippen molar-refractivity contribution in [3.05, 3.63) is 77.1 Å². The first-order valence-corrected chi connectivity index (χ1v) is 11.0. The predicted molar refractivity (Wildman–Crippen MR) is 119 cm³/mol. The molecule has 1 aliphatic heterocycles. The molecule has 0 saturated heterocycles. The maximum absolute atomic E-state index is 14.9. The Morgan fingerprint density at radius 2 is 2.06 bits per heavy atom. The van der Waals surface area contributed by atoms with Crippen LogP contribution in [0.1, 0.15) is 41.6 Å². The lowest BCUT2D eigenvalue weighted by Crippen LogP contribution is -2.07. The molecule has 0 radical (unpaired) electrons. The quantitative estimate of drug-likeness (QED) is 0.389.